The zero-order valence-electron chi connectivity index (χ0n) is 18.3. The average Bonchev–Trinajstić information content (AvgIpc) is 3.30. The summed E-state index contributed by atoms with van der Waals surface area (Å²) < 4.78 is 5.56. The highest BCUT2D eigenvalue weighted by atomic mass is 16.5. The van der Waals surface area contributed by atoms with E-state index in [1.807, 2.05) is 24.1 Å². The summed E-state index contributed by atoms with van der Waals surface area (Å²) in [7, 11) is 0. The molecule has 2 saturated heterocycles. The molecule has 0 radical (unpaired) electrons. The summed E-state index contributed by atoms with van der Waals surface area (Å²) in [5.74, 6) is 1.63. The zero-order chi connectivity index (χ0) is 21.9. The van der Waals surface area contributed by atoms with Gasteiger partial charge < -0.3 is 14.3 Å². The Morgan fingerprint density at radius 1 is 1.03 bits per heavy atom. The minimum absolute atomic E-state index is 0.0701. The quantitative estimate of drug-likeness (QED) is 0.618. The van der Waals surface area contributed by atoms with Crippen molar-refractivity contribution in [2.75, 3.05) is 31.1 Å². The highest BCUT2D eigenvalue weighted by Crippen LogP contribution is 2.35. The summed E-state index contributed by atoms with van der Waals surface area (Å²) in [5.41, 5.74) is 3.10. The van der Waals surface area contributed by atoms with Crippen molar-refractivity contribution in [2.24, 2.45) is 0 Å². The minimum atomic E-state index is -0.0701. The number of piperidine rings is 2. The van der Waals surface area contributed by atoms with Gasteiger partial charge in [0.2, 0.25) is 5.95 Å². The molecule has 0 saturated carbocycles. The van der Waals surface area contributed by atoms with E-state index in [0.717, 1.165) is 48.8 Å². The Morgan fingerprint density at radius 3 is 2.53 bits per heavy atom. The number of nitrogens with zero attached hydrogens (tertiary/aromatic N) is 7. The first kappa shape index (κ1) is 20.5. The lowest BCUT2D eigenvalue weighted by Gasteiger charge is -2.33. The molecular formula is C23H27N7O2. The summed E-state index contributed by atoms with van der Waals surface area (Å²) in [6.45, 7) is 5.19. The van der Waals surface area contributed by atoms with E-state index >= 15 is 0 Å². The molecule has 2 aliphatic heterocycles. The second kappa shape index (κ2) is 9.02. The van der Waals surface area contributed by atoms with E-state index in [2.05, 4.69) is 25.0 Å². The van der Waals surface area contributed by atoms with Gasteiger partial charge in [0.1, 0.15) is 5.69 Å². The molecule has 2 aliphatic rings. The van der Waals surface area contributed by atoms with E-state index in [0.29, 0.717) is 24.5 Å². The first-order chi connectivity index (χ1) is 15.7. The van der Waals surface area contributed by atoms with E-state index < -0.39 is 0 Å². The molecule has 9 heteroatoms. The maximum Gasteiger partial charge on any atom is 0.274 e. The lowest BCUT2D eigenvalue weighted by Crippen LogP contribution is -2.38. The molecule has 0 bridgehead atoms. The van der Waals surface area contributed by atoms with Crippen molar-refractivity contribution >= 4 is 11.9 Å². The van der Waals surface area contributed by atoms with Crippen LogP contribution in [0, 0.1) is 6.92 Å². The highest BCUT2D eigenvalue weighted by Gasteiger charge is 2.29. The third kappa shape index (κ3) is 4.19. The molecule has 166 valence electrons. The first-order valence-corrected chi connectivity index (χ1v) is 11.3. The van der Waals surface area contributed by atoms with E-state index in [1.54, 1.807) is 12.4 Å². The molecule has 0 aromatic carbocycles. The number of carbonyl (C=O) groups excluding carboxylic acids is 1. The van der Waals surface area contributed by atoms with Crippen LogP contribution in [0.4, 0.5) is 5.95 Å². The highest BCUT2D eigenvalue weighted by molar-refractivity contribution is 5.92. The predicted molar refractivity (Wildman–Crippen MR) is 118 cm³/mol. The maximum absolute atomic E-state index is 12.8. The molecule has 32 heavy (non-hydrogen) atoms. The van der Waals surface area contributed by atoms with E-state index in [4.69, 9.17) is 9.51 Å². The van der Waals surface area contributed by atoms with Gasteiger partial charge in [-0.3, -0.25) is 9.78 Å². The summed E-state index contributed by atoms with van der Waals surface area (Å²) in [5, 5.41) is 4.05. The number of hydrogen-bond donors (Lipinski definition) is 0. The lowest BCUT2D eigenvalue weighted by molar-refractivity contribution is 0.0705. The van der Waals surface area contributed by atoms with Crippen molar-refractivity contribution in [1.82, 2.24) is 30.0 Å². The van der Waals surface area contributed by atoms with Crippen LogP contribution in [0.25, 0.3) is 11.3 Å². The number of aromatic nitrogens is 5. The largest absolute Gasteiger partial charge is 0.356 e. The molecule has 0 unspecified atom stereocenters. The standard InChI is InChI=1S/C23H27N7O2/c1-16-13-20(32-28-16)18-14-26-23(30-9-3-2-4-10-30)27-21(18)17-5-11-29(12-6-17)22(31)19-15-24-7-8-25-19/h7-8,13-15,17H,2-6,9-12H2,1H3. The molecular weight excluding hydrogens is 406 g/mol. The Morgan fingerprint density at radius 2 is 1.84 bits per heavy atom. The number of hydrogen-bond acceptors (Lipinski definition) is 8. The van der Waals surface area contributed by atoms with Crippen molar-refractivity contribution < 1.29 is 9.32 Å². The second-order valence-electron chi connectivity index (χ2n) is 8.51. The van der Waals surface area contributed by atoms with Crippen molar-refractivity contribution in [3.63, 3.8) is 0 Å². The number of amides is 1. The van der Waals surface area contributed by atoms with Crippen LogP contribution in [0.1, 0.15) is 59.9 Å². The van der Waals surface area contributed by atoms with Gasteiger partial charge in [0.05, 0.1) is 23.1 Å². The lowest BCUT2D eigenvalue weighted by atomic mass is 9.90. The molecule has 5 heterocycles. The van der Waals surface area contributed by atoms with Gasteiger partial charge in [-0.25, -0.2) is 15.0 Å². The average molecular weight is 434 g/mol. The van der Waals surface area contributed by atoms with Crippen LogP contribution >= 0.6 is 0 Å². The van der Waals surface area contributed by atoms with Crippen molar-refractivity contribution in [3.05, 3.63) is 47.9 Å². The molecule has 1 amide bonds. The van der Waals surface area contributed by atoms with Gasteiger partial charge in [-0.05, 0) is 39.0 Å². The third-order valence-electron chi connectivity index (χ3n) is 6.29. The Kier molecular flexibility index (Phi) is 5.79. The number of anilines is 1. The van der Waals surface area contributed by atoms with E-state index in [-0.39, 0.29) is 11.8 Å². The monoisotopic (exact) mass is 433 g/mol. The van der Waals surface area contributed by atoms with Crippen LogP contribution in [0.15, 0.2) is 35.4 Å². The minimum Gasteiger partial charge on any atom is -0.356 e. The molecule has 3 aromatic rings. The van der Waals surface area contributed by atoms with Gasteiger partial charge in [0.25, 0.3) is 5.91 Å². The van der Waals surface area contributed by atoms with Crippen molar-refractivity contribution in [2.45, 2.75) is 44.9 Å². The number of aryl methyl sites for hydroxylation is 1. The molecule has 0 atom stereocenters. The summed E-state index contributed by atoms with van der Waals surface area (Å²) >= 11 is 0. The van der Waals surface area contributed by atoms with Crippen molar-refractivity contribution in [3.8, 4) is 11.3 Å². The van der Waals surface area contributed by atoms with Gasteiger partial charge in [0.15, 0.2) is 5.76 Å². The third-order valence-corrected chi connectivity index (χ3v) is 6.29. The number of rotatable bonds is 4. The van der Waals surface area contributed by atoms with Crippen LogP contribution < -0.4 is 4.90 Å². The Bertz CT molecular complexity index is 1070. The van der Waals surface area contributed by atoms with Crippen molar-refractivity contribution in [1.29, 1.82) is 0 Å². The van der Waals surface area contributed by atoms with Gasteiger partial charge in [-0.2, -0.15) is 0 Å². The smallest absolute Gasteiger partial charge is 0.274 e. The normalized spacial score (nSPS) is 17.5. The Balaban J connectivity index is 1.39. The first-order valence-electron chi connectivity index (χ1n) is 11.3. The SMILES string of the molecule is Cc1cc(-c2cnc(N3CCCCC3)nc2C2CCN(C(=O)c3cnccn3)CC2)on1. The van der Waals surface area contributed by atoms with Crippen LogP contribution in [-0.4, -0.2) is 62.1 Å². The van der Waals surface area contributed by atoms with Crippen LogP contribution in [-0.2, 0) is 0 Å². The summed E-state index contributed by atoms with van der Waals surface area (Å²) in [6, 6.07) is 1.93. The predicted octanol–water partition coefficient (Wildman–Crippen LogP) is 3.24. The van der Waals surface area contributed by atoms with Gasteiger partial charge in [0, 0.05) is 56.8 Å². The number of likely N-dealkylation sites (tertiary alicyclic amines) is 1. The molecule has 5 rings (SSSR count). The van der Waals surface area contributed by atoms with Gasteiger partial charge in [-0.1, -0.05) is 5.16 Å². The Hall–Kier alpha value is -3.36. The summed E-state index contributed by atoms with van der Waals surface area (Å²) in [6.07, 6.45) is 11.8. The van der Waals surface area contributed by atoms with Gasteiger partial charge >= 0.3 is 0 Å². The van der Waals surface area contributed by atoms with Gasteiger partial charge in [-0.15, -0.1) is 0 Å². The maximum atomic E-state index is 12.8. The number of carbonyl (C=O) groups is 1. The molecule has 2 fully saturated rings. The molecule has 3 aromatic heterocycles. The zero-order valence-corrected chi connectivity index (χ0v) is 18.3. The van der Waals surface area contributed by atoms with Crippen LogP contribution in [0.2, 0.25) is 0 Å². The Labute approximate surface area is 186 Å². The van der Waals surface area contributed by atoms with E-state index in [9.17, 15) is 4.79 Å². The topological polar surface area (TPSA) is 101 Å². The second-order valence-corrected chi connectivity index (χ2v) is 8.51. The summed E-state index contributed by atoms with van der Waals surface area (Å²) in [4.78, 5) is 34.8. The molecule has 0 aliphatic carbocycles. The fraction of sp³-hybridized carbons (Fsp3) is 0.478. The fourth-order valence-electron chi connectivity index (χ4n) is 4.55. The molecule has 9 nitrogen and oxygen atoms in total. The molecule has 0 spiro atoms. The van der Waals surface area contributed by atoms with Crippen LogP contribution in [0.3, 0.4) is 0 Å². The fourth-order valence-corrected chi connectivity index (χ4v) is 4.55. The van der Waals surface area contributed by atoms with E-state index in [1.165, 1.54) is 25.5 Å². The molecule has 0 N–H and O–H groups in total. The van der Waals surface area contributed by atoms with Crippen LogP contribution in [0.5, 0.6) is 0 Å².